The average molecular weight is 593 g/mol. The molecule has 0 spiro atoms. The molecule has 0 amide bonds. The van der Waals surface area contributed by atoms with Crippen LogP contribution in [-0.4, -0.2) is 42.8 Å². The van der Waals surface area contributed by atoms with E-state index in [4.69, 9.17) is 9.72 Å². The van der Waals surface area contributed by atoms with Gasteiger partial charge in [0, 0.05) is 13.2 Å². The van der Waals surface area contributed by atoms with E-state index >= 15 is 0 Å². The smallest absolute Gasteiger partial charge is 0.690 e. The van der Waals surface area contributed by atoms with Crippen molar-refractivity contribution in [3.8, 4) is 0 Å². The van der Waals surface area contributed by atoms with Gasteiger partial charge >= 0.3 is 21.7 Å². The van der Waals surface area contributed by atoms with Crippen molar-refractivity contribution in [1.82, 2.24) is 0 Å². The fourth-order valence-electron chi connectivity index (χ4n) is 3.22. The summed E-state index contributed by atoms with van der Waals surface area (Å²) in [6.07, 6.45) is 1.90. The predicted molar refractivity (Wildman–Crippen MR) is 172 cm³/mol. The molecule has 0 heterocycles. The van der Waals surface area contributed by atoms with Gasteiger partial charge in [-0.1, -0.05) is 138 Å². The predicted octanol–water partition coefficient (Wildman–Crippen LogP) is 10.1. The van der Waals surface area contributed by atoms with Crippen molar-refractivity contribution in [2.24, 2.45) is 0 Å². The van der Waals surface area contributed by atoms with Crippen molar-refractivity contribution < 1.29 is 26.5 Å². The van der Waals surface area contributed by atoms with E-state index in [0.717, 1.165) is 29.2 Å². The molecule has 0 fully saturated rings. The van der Waals surface area contributed by atoms with E-state index in [1.54, 1.807) is 0 Å². The molecule has 0 N–H and O–H groups in total. The van der Waals surface area contributed by atoms with Gasteiger partial charge in [0.1, 0.15) is 0 Å². The minimum absolute atomic E-state index is 0. The second kappa shape index (κ2) is 18.3. The van der Waals surface area contributed by atoms with E-state index in [0.29, 0.717) is 19.8 Å². The first-order valence-corrected chi connectivity index (χ1v) is 20.2. The Morgan fingerprint density at radius 1 is 0.692 bits per heavy atom. The summed E-state index contributed by atoms with van der Waals surface area (Å²) in [6.45, 7) is 18.3. The van der Waals surface area contributed by atoms with Gasteiger partial charge in [0.15, 0.2) is 0 Å². The second-order valence-electron chi connectivity index (χ2n) is 11.0. The summed E-state index contributed by atoms with van der Waals surface area (Å²) in [6, 6.07) is 28.4. The van der Waals surface area contributed by atoms with Crippen molar-refractivity contribution in [3.63, 3.8) is 0 Å². The van der Waals surface area contributed by atoms with Gasteiger partial charge < -0.3 is 25.3 Å². The van der Waals surface area contributed by atoms with Crippen LogP contribution in [0.3, 0.4) is 0 Å². The molecule has 0 aliphatic rings. The van der Waals surface area contributed by atoms with E-state index in [2.05, 4.69) is 86.1 Å². The maximum atomic E-state index is 5.62. The molecule has 0 saturated heterocycles. The summed E-state index contributed by atoms with van der Waals surface area (Å²) >= 11 is 0. The van der Waals surface area contributed by atoms with Crippen LogP contribution in [0, 0.1) is 6.92 Å². The van der Waals surface area contributed by atoms with Gasteiger partial charge in [-0.3, -0.25) is 0 Å². The summed E-state index contributed by atoms with van der Waals surface area (Å²) in [5.41, 5.74) is 5.35. The Kier molecular flexibility index (Phi) is 16.3. The van der Waals surface area contributed by atoms with Gasteiger partial charge in [-0.2, -0.15) is 11.9 Å². The molecule has 5 nitrogen and oxygen atoms in total. The summed E-state index contributed by atoms with van der Waals surface area (Å²) in [5, 5.41) is 8.96. The molecule has 0 unspecified atom stereocenters. The van der Waals surface area contributed by atoms with Gasteiger partial charge in [0.2, 0.25) is 0 Å². The van der Waals surface area contributed by atoms with Crippen LogP contribution in [0.25, 0.3) is 26.3 Å². The van der Waals surface area contributed by atoms with Crippen LogP contribution in [0.15, 0.2) is 91.1 Å². The number of benzene rings is 3. The summed E-state index contributed by atoms with van der Waals surface area (Å²) in [7, 11) is -2.87. The Morgan fingerprint density at radius 2 is 1.21 bits per heavy atom. The summed E-state index contributed by atoms with van der Waals surface area (Å²) in [5.74, 6) is 0. The van der Waals surface area contributed by atoms with E-state index in [9.17, 15) is 0 Å². The van der Waals surface area contributed by atoms with Crippen molar-refractivity contribution >= 4 is 33.5 Å². The van der Waals surface area contributed by atoms with Crippen LogP contribution in [-0.2, 0) is 26.5 Å². The molecule has 39 heavy (non-hydrogen) atoms. The van der Waals surface area contributed by atoms with Gasteiger partial charge in [-0.25, -0.2) is 0 Å². The molecule has 0 aromatic heterocycles. The Bertz CT molecular complexity index is 1030. The normalized spacial score (nSPS) is 11.5. The van der Waals surface area contributed by atoms with Gasteiger partial charge in [-0.15, -0.1) is 24.5 Å². The molecule has 3 aromatic carbocycles. The second-order valence-corrected chi connectivity index (χ2v) is 20.2. The third-order valence-corrected chi connectivity index (χ3v) is 7.06. The largest absolute Gasteiger partial charge is 4.00 e. The third kappa shape index (κ3) is 17.2. The molecule has 3 rings (SSSR count). The van der Waals surface area contributed by atoms with E-state index in [-0.39, 0.29) is 21.7 Å². The number of para-hydroxylation sites is 2. The van der Waals surface area contributed by atoms with Crippen LogP contribution < -0.4 is 0 Å². The topological polar surface area (TPSA) is 65.6 Å². The Labute approximate surface area is 254 Å². The molecule has 0 radical (unpaired) electrons. The van der Waals surface area contributed by atoms with Crippen LogP contribution >= 0.6 is 0 Å². The standard InChI is InChI=1S/C19H34N3OSi2.C12H10N.Ti/c1-17-8-10-18(11-9-17)19(22-25(5,6)7)16-20-12-14-23-15-13-21-24(2,3)4;1-3-7-11(8-4-1)13-12-9-5-2-6-10-12;/h8-11,16H,12-15H2,1-7H3;1-10H;/q-3;-1;+4/b19-16-;;. The molecular weight excluding hydrogens is 548 g/mol. The first-order valence-electron chi connectivity index (χ1n) is 13.3. The quantitative estimate of drug-likeness (QED) is 0.144. The minimum atomic E-state index is -1.56. The van der Waals surface area contributed by atoms with Crippen molar-refractivity contribution in [2.75, 3.05) is 26.3 Å². The molecule has 0 saturated carbocycles. The molecule has 8 heteroatoms. The zero-order valence-electron chi connectivity index (χ0n) is 24.7. The van der Waals surface area contributed by atoms with Crippen molar-refractivity contribution in [3.05, 3.63) is 123 Å². The molecule has 3 aromatic rings. The van der Waals surface area contributed by atoms with Crippen LogP contribution in [0.4, 0.5) is 11.4 Å². The number of nitrogens with zero attached hydrogens (tertiary/aromatic N) is 4. The van der Waals surface area contributed by atoms with E-state index < -0.39 is 16.5 Å². The van der Waals surface area contributed by atoms with Crippen LogP contribution in [0.5, 0.6) is 0 Å². The van der Waals surface area contributed by atoms with E-state index in [1.165, 1.54) is 5.56 Å². The number of rotatable bonds is 13. The number of aryl methyl sites for hydroxylation is 1. The zero-order chi connectivity index (χ0) is 27.9. The minimum Gasteiger partial charge on any atom is -0.690 e. The van der Waals surface area contributed by atoms with Gasteiger partial charge in [0.25, 0.3) is 0 Å². The van der Waals surface area contributed by atoms with Crippen molar-refractivity contribution in [1.29, 1.82) is 0 Å². The SMILES string of the molecule is Cc1ccc(/C(=C/[N-]CCOCC[N-][Si](C)(C)C)[N-][Si](C)(C)C)cc1.[Ti+4].c1ccc([N-]c2ccccc2)cc1. The van der Waals surface area contributed by atoms with Gasteiger partial charge in [-0.05, 0) is 20.7 Å². The summed E-state index contributed by atoms with van der Waals surface area (Å²) < 4.78 is 5.62. The monoisotopic (exact) mass is 592 g/mol. The molecular formula is C31H44N4OSi2Ti. The third-order valence-electron chi connectivity index (χ3n) is 4.97. The first-order chi connectivity index (χ1) is 18.0. The number of hydrogen-bond acceptors (Lipinski definition) is 1. The van der Waals surface area contributed by atoms with Crippen LogP contribution in [0.2, 0.25) is 39.3 Å². The molecule has 0 bridgehead atoms. The Morgan fingerprint density at radius 3 is 1.69 bits per heavy atom. The number of hydrogen-bond donors (Lipinski definition) is 0. The summed E-state index contributed by atoms with van der Waals surface area (Å²) in [4.78, 5) is 9.59. The first kappa shape index (κ1) is 34.9. The van der Waals surface area contributed by atoms with Crippen molar-refractivity contribution in [2.45, 2.75) is 46.2 Å². The zero-order valence-corrected chi connectivity index (χ0v) is 28.2. The molecule has 0 aliphatic carbocycles. The van der Waals surface area contributed by atoms with E-state index in [1.807, 2.05) is 66.9 Å². The van der Waals surface area contributed by atoms with Crippen LogP contribution in [0.1, 0.15) is 11.1 Å². The fraction of sp³-hybridized carbons (Fsp3) is 0.355. The Hall–Kier alpha value is -2.13. The maximum Gasteiger partial charge on any atom is 4.00 e. The Balaban J connectivity index is 0.000000453. The average Bonchev–Trinajstić information content (AvgIpc) is 2.86. The van der Waals surface area contributed by atoms with Gasteiger partial charge in [0.05, 0.1) is 0 Å². The number of ether oxygens (including phenoxy) is 1. The fourth-order valence-corrected chi connectivity index (χ4v) is 4.90. The molecule has 0 aliphatic heterocycles. The molecule has 206 valence electrons. The molecule has 0 atom stereocenters. The maximum absolute atomic E-state index is 5.62.